The van der Waals surface area contributed by atoms with Crippen LogP contribution in [0.25, 0.3) is 0 Å². The van der Waals surface area contributed by atoms with Crippen molar-refractivity contribution in [2.24, 2.45) is 5.73 Å². The Morgan fingerprint density at radius 3 is 2.18 bits per heavy atom. The lowest BCUT2D eigenvalue weighted by Gasteiger charge is -2.04. The van der Waals surface area contributed by atoms with Gasteiger partial charge in [0.1, 0.15) is 9.84 Å². The van der Waals surface area contributed by atoms with Crippen molar-refractivity contribution >= 4 is 9.84 Å². The molecule has 0 aromatic rings. The third-order valence-electron chi connectivity index (χ3n) is 2.14. The minimum Gasteiger partial charge on any atom is -0.391 e. The van der Waals surface area contributed by atoms with Crippen molar-refractivity contribution in [3.63, 3.8) is 0 Å². The smallest absolute Gasteiger partial charge is 0.150 e. The molecule has 11 heavy (non-hydrogen) atoms. The zero-order valence-corrected chi connectivity index (χ0v) is 7.21. The Balaban J connectivity index is 2.69. The van der Waals surface area contributed by atoms with Crippen LogP contribution >= 0.6 is 0 Å². The Morgan fingerprint density at radius 1 is 1.45 bits per heavy atom. The van der Waals surface area contributed by atoms with Gasteiger partial charge in [0.25, 0.3) is 0 Å². The van der Waals surface area contributed by atoms with Crippen LogP contribution in [0, 0.1) is 0 Å². The van der Waals surface area contributed by atoms with Crippen LogP contribution in [-0.4, -0.2) is 37.2 Å². The molecule has 0 amide bonds. The Hall–Kier alpha value is -0.130. The molecule has 1 fully saturated rings. The van der Waals surface area contributed by atoms with E-state index >= 15 is 0 Å². The summed E-state index contributed by atoms with van der Waals surface area (Å²) in [5.41, 5.74) is 5.45. The second kappa shape index (κ2) is 2.73. The highest BCUT2D eigenvalue weighted by Crippen LogP contribution is 2.23. The lowest BCUT2D eigenvalue weighted by molar-refractivity contribution is 0.165. The van der Waals surface area contributed by atoms with Crippen molar-refractivity contribution in [3.05, 3.63) is 0 Å². The van der Waals surface area contributed by atoms with Crippen LogP contribution < -0.4 is 5.73 Å². The molecule has 3 N–H and O–H groups in total. The van der Waals surface area contributed by atoms with Crippen molar-refractivity contribution in [2.45, 2.75) is 30.2 Å². The van der Waals surface area contributed by atoms with E-state index in [9.17, 15) is 8.42 Å². The quantitative estimate of drug-likeness (QED) is 0.534. The molecule has 3 atom stereocenters. The number of nitrogens with two attached hydrogens (primary N) is 1. The van der Waals surface area contributed by atoms with Gasteiger partial charge in [-0.2, -0.15) is 0 Å². The molecule has 0 aliphatic heterocycles. The molecule has 0 aromatic heterocycles. The van der Waals surface area contributed by atoms with Gasteiger partial charge < -0.3 is 10.8 Å². The standard InChI is InChI=1S/C6H13NO3S/c1-11(9,10)4-2-5(7)6(8)3-4/h4-6,8H,2-3,7H2,1H3/t4-,5-,6-/m1/s1. The molecular formula is C6H13NO3S. The number of sulfone groups is 1. The van der Waals surface area contributed by atoms with Crippen LogP contribution in [0.1, 0.15) is 12.8 Å². The first-order chi connectivity index (χ1) is 4.91. The van der Waals surface area contributed by atoms with Crippen LogP contribution in [0.15, 0.2) is 0 Å². The second-order valence-electron chi connectivity index (χ2n) is 3.15. The minimum absolute atomic E-state index is 0.292. The molecule has 0 heterocycles. The summed E-state index contributed by atoms with van der Waals surface area (Å²) in [4.78, 5) is 0. The molecular weight excluding hydrogens is 166 g/mol. The molecule has 5 heteroatoms. The molecule has 0 aromatic carbocycles. The van der Waals surface area contributed by atoms with Gasteiger partial charge in [-0.15, -0.1) is 0 Å². The largest absolute Gasteiger partial charge is 0.391 e. The summed E-state index contributed by atoms with van der Waals surface area (Å²) in [5, 5.41) is 8.70. The van der Waals surface area contributed by atoms with Crippen LogP contribution in [0.3, 0.4) is 0 Å². The van der Waals surface area contributed by atoms with Gasteiger partial charge >= 0.3 is 0 Å². The highest BCUT2D eigenvalue weighted by atomic mass is 32.2. The lowest BCUT2D eigenvalue weighted by Crippen LogP contribution is -2.28. The van der Waals surface area contributed by atoms with E-state index in [0.29, 0.717) is 12.8 Å². The third-order valence-corrected chi connectivity index (χ3v) is 3.74. The van der Waals surface area contributed by atoms with Crippen LogP contribution in [0.2, 0.25) is 0 Å². The van der Waals surface area contributed by atoms with E-state index in [4.69, 9.17) is 10.8 Å². The molecule has 66 valence electrons. The number of hydrogen-bond donors (Lipinski definition) is 2. The van der Waals surface area contributed by atoms with Gasteiger partial charge in [-0.25, -0.2) is 8.42 Å². The molecule has 1 rings (SSSR count). The van der Waals surface area contributed by atoms with E-state index in [1.54, 1.807) is 0 Å². The van der Waals surface area contributed by atoms with Gasteiger partial charge in [-0.05, 0) is 12.8 Å². The average Bonchev–Trinajstić information content (AvgIpc) is 2.11. The molecule has 0 saturated heterocycles. The zero-order valence-electron chi connectivity index (χ0n) is 6.40. The Bertz CT molecular complexity index is 226. The third kappa shape index (κ3) is 1.91. The number of hydrogen-bond acceptors (Lipinski definition) is 4. The Labute approximate surface area is 66.3 Å². The first-order valence-corrected chi connectivity index (χ1v) is 5.49. The summed E-state index contributed by atoms with van der Waals surface area (Å²) in [5.74, 6) is 0. The number of aliphatic hydroxyl groups excluding tert-OH is 1. The SMILES string of the molecule is CS(=O)(=O)[C@@H]1C[C@@H](N)[C@H](O)C1. The van der Waals surface area contributed by atoms with E-state index in [1.165, 1.54) is 6.26 Å². The first-order valence-electron chi connectivity index (χ1n) is 3.54. The summed E-state index contributed by atoms with van der Waals surface area (Å²) < 4.78 is 21.9. The summed E-state index contributed by atoms with van der Waals surface area (Å²) in [6.07, 6.45) is 1.22. The summed E-state index contributed by atoms with van der Waals surface area (Å²) in [6, 6.07) is -0.366. The number of aliphatic hydroxyl groups is 1. The minimum atomic E-state index is -3.01. The summed E-state index contributed by atoms with van der Waals surface area (Å²) in [7, 11) is -3.01. The van der Waals surface area contributed by atoms with Crippen LogP contribution in [0.4, 0.5) is 0 Å². The fourth-order valence-electron chi connectivity index (χ4n) is 1.35. The van der Waals surface area contributed by atoms with Crippen molar-refractivity contribution in [1.82, 2.24) is 0 Å². The van der Waals surface area contributed by atoms with E-state index in [1.807, 2.05) is 0 Å². The molecule has 0 unspecified atom stereocenters. The van der Waals surface area contributed by atoms with Crippen molar-refractivity contribution in [1.29, 1.82) is 0 Å². The monoisotopic (exact) mass is 179 g/mol. The van der Waals surface area contributed by atoms with E-state index in [-0.39, 0.29) is 6.04 Å². The lowest BCUT2D eigenvalue weighted by atomic mass is 10.2. The maximum absolute atomic E-state index is 11.0. The molecule has 4 nitrogen and oxygen atoms in total. The Morgan fingerprint density at radius 2 is 2.00 bits per heavy atom. The van der Waals surface area contributed by atoms with Gasteiger partial charge in [-0.1, -0.05) is 0 Å². The summed E-state index contributed by atoms with van der Waals surface area (Å²) >= 11 is 0. The first kappa shape index (κ1) is 8.96. The normalized spacial score (nSPS) is 39.4. The maximum Gasteiger partial charge on any atom is 0.150 e. The van der Waals surface area contributed by atoms with E-state index in [0.717, 1.165) is 0 Å². The predicted octanol–water partition coefficient (Wildman–Crippen LogP) is -1.12. The second-order valence-corrected chi connectivity index (χ2v) is 5.48. The van der Waals surface area contributed by atoms with Gasteiger partial charge in [0, 0.05) is 12.3 Å². The zero-order chi connectivity index (χ0) is 8.65. The molecule has 0 spiro atoms. The van der Waals surface area contributed by atoms with Gasteiger partial charge in [0.15, 0.2) is 0 Å². The van der Waals surface area contributed by atoms with Gasteiger partial charge in [-0.3, -0.25) is 0 Å². The van der Waals surface area contributed by atoms with Crippen LogP contribution in [-0.2, 0) is 9.84 Å². The highest BCUT2D eigenvalue weighted by Gasteiger charge is 2.35. The topological polar surface area (TPSA) is 80.4 Å². The predicted molar refractivity (Wildman–Crippen MR) is 41.8 cm³/mol. The van der Waals surface area contributed by atoms with Gasteiger partial charge in [0.2, 0.25) is 0 Å². The molecule has 1 aliphatic carbocycles. The Kier molecular flexibility index (Phi) is 2.22. The fourth-order valence-corrected chi connectivity index (χ4v) is 2.47. The maximum atomic E-state index is 11.0. The summed E-state index contributed by atoms with van der Waals surface area (Å²) in [6.45, 7) is 0. The molecule has 0 bridgehead atoms. The molecule has 1 saturated carbocycles. The fraction of sp³-hybridized carbons (Fsp3) is 1.00. The van der Waals surface area contributed by atoms with E-state index < -0.39 is 21.2 Å². The molecule has 0 radical (unpaired) electrons. The molecule has 1 aliphatic rings. The van der Waals surface area contributed by atoms with E-state index in [2.05, 4.69) is 0 Å². The van der Waals surface area contributed by atoms with Crippen molar-refractivity contribution < 1.29 is 13.5 Å². The number of rotatable bonds is 1. The van der Waals surface area contributed by atoms with Gasteiger partial charge in [0.05, 0.1) is 11.4 Å². The average molecular weight is 179 g/mol. The van der Waals surface area contributed by atoms with Crippen LogP contribution in [0.5, 0.6) is 0 Å². The van der Waals surface area contributed by atoms with Crippen molar-refractivity contribution in [3.8, 4) is 0 Å². The van der Waals surface area contributed by atoms with Crippen molar-refractivity contribution in [2.75, 3.05) is 6.26 Å². The highest BCUT2D eigenvalue weighted by molar-refractivity contribution is 7.91.